The highest BCUT2D eigenvalue weighted by atomic mass is 16.4. The molecule has 2 rings (SSSR count). The fourth-order valence-corrected chi connectivity index (χ4v) is 2.94. The highest BCUT2D eigenvalue weighted by Gasteiger charge is 2.15. The van der Waals surface area contributed by atoms with Crippen molar-refractivity contribution in [1.82, 2.24) is 4.90 Å². The lowest BCUT2D eigenvalue weighted by molar-refractivity contribution is -0.137. The summed E-state index contributed by atoms with van der Waals surface area (Å²) in [4.78, 5) is 15.3. The van der Waals surface area contributed by atoms with Gasteiger partial charge in [0.1, 0.15) is 0 Å². The van der Waals surface area contributed by atoms with Crippen molar-refractivity contribution in [2.45, 2.75) is 38.6 Å². The second-order valence-electron chi connectivity index (χ2n) is 5.91. The Kier molecular flexibility index (Phi) is 6.05. The summed E-state index contributed by atoms with van der Waals surface area (Å²) in [5.41, 5.74) is 2.74. The fraction of sp³-hybridized carbons (Fsp3) is 0.588. The zero-order valence-electron chi connectivity index (χ0n) is 12.9. The van der Waals surface area contributed by atoms with Gasteiger partial charge in [-0.05, 0) is 50.9 Å². The summed E-state index contributed by atoms with van der Waals surface area (Å²) >= 11 is 0. The summed E-state index contributed by atoms with van der Waals surface area (Å²) in [6.45, 7) is 4.21. The van der Waals surface area contributed by atoms with Gasteiger partial charge in [0.2, 0.25) is 0 Å². The maximum absolute atomic E-state index is 10.5. The Hall–Kier alpha value is -1.55. The average Bonchev–Trinajstić information content (AvgIpc) is 2.98. The molecule has 4 heteroatoms. The van der Waals surface area contributed by atoms with E-state index in [1.54, 1.807) is 0 Å². The molecular formula is C17H26N2O2. The lowest BCUT2D eigenvalue weighted by Gasteiger charge is -2.24. The third-order valence-corrected chi connectivity index (χ3v) is 4.06. The number of hydrogen-bond acceptors (Lipinski definition) is 3. The second kappa shape index (κ2) is 8.03. The van der Waals surface area contributed by atoms with E-state index >= 15 is 0 Å². The predicted molar refractivity (Wildman–Crippen MR) is 85.7 cm³/mol. The highest BCUT2D eigenvalue weighted by molar-refractivity contribution is 5.66. The average molecular weight is 290 g/mol. The van der Waals surface area contributed by atoms with Crippen molar-refractivity contribution >= 4 is 11.7 Å². The van der Waals surface area contributed by atoms with Crippen LogP contribution < -0.4 is 4.90 Å². The van der Waals surface area contributed by atoms with Crippen LogP contribution in [0.2, 0.25) is 0 Å². The van der Waals surface area contributed by atoms with E-state index in [9.17, 15) is 4.79 Å². The smallest absolute Gasteiger partial charge is 0.303 e. The predicted octanol–water partition coefficient (Wildman–Crippen LogP) is 2.97. The van der Waals surface area contributed by atoms with Gasteiger partial charge < -0.3 is 14.9 Å². The number of nitrogens with zero attached hydrogens (tertiary/aromatic N) is 2. The molecule has 1 saturated heterocycles. The molecule has 0 spiro atoms. The lowest BCUT2D eigenvalue weighted by Crippen LogP contribution is -2.23. The maximum Gasteiger partial charge on any atom is 0.303 e. The molecule has 1 aromatic carbocycles. The van der Waals surface area contributed by atoms with Crippen molar-refractivity contribution in [3.8, 4) is 0 Å². The maximum atomic E-state index is 10.5. The minimum Gasteiger partial charge on any atom is -0.481 e. The van der Waals surface area contributed by atoms with Crippen LogP contribution in [0.5, 0.6) is 0 Å². The molecule has 0 aromatic heterocycles. The summed E-state index contributed by atoms with van der Waals surface area (Å²) < 4.78 is 0. The van der Waals surface area contributed by atoms with Gasteiger partial charge in [0.25, 0.3) is 0 Å². The first-order valence-corrected chi connectivity index (χ1v) is 7.90. The van der Waals surface area contributed by atoms with E-state index in [-0.39, 0.29) is 6.42 Å². The molecule has 21 heavy (non-hydrogen) atoms. The largest absolute Gasteiger partial charge is 0.481 e. The zero-order valence-corrected chi connectivity index (χ0v) is 12.9. The molecule has 4 nitrogen and oxygen atoms in total. The normalized spacial score (nSPS) is 14.9. The van der Waals surface area contributed by atoms with Crippen molar-refractivity contribution in [2.24, 2.45) is 0 Å². The Morgan fingerprint density at radius 1 is 1.24 bits per heavy atom. The van der Waals surface area contributed by atoms with E-state index in [0.29, 0.717) is 0 Å². The van der Waals surface area contributed by atoms with Crippen LogP contribution in [0.1, 0.15) is 37.7 Å². The van der Waals surface area contributed by atoms with Gasteiger partial charge in [-0.1, -0.05) is 18.2 Å². The van der Waals surface area contributed by atoms with E-state index < -0.39 is 5.97 Å². The quantitative estimate of drug-likeness (QED) is 0.748. The Bertz CT molecular complexity index is 456. The minimum absolute atomic E-state index is 0.276. The first kappa shape index (κ1) is 15.8. The summed E-state index contributed by atoms with van der Waals surface area (Å²) in [7, 11) is 2.11. The SMILES string of the molecule is CN(CCCCC(=O)O)Cc1ccccc1N1CCCC1. The third kappa shape index (κ3) is 5.05. The first-order chi connectivity index (χ1) is 10.2. The van der Waals surface area contributed by atoms with E-state index in [2.05, 4.69) is 41.1 Å². The summed E-state index contributed by atoms with van der Waals surface area (Å²) in [5.74, 6) is -0.697. The van der Waals surface area contributed by atoms with Crippen LogP contribution >= 0.6 is 0 Å². The number of para-hydroxylation sites is 1. The van der Waals surface area contributed by atoms with Crippen LogP contribution in [0.25, 0.3) is 0 Å². The van der Waals surface area contributed by atoms with Gasteiger partial charge in [0, 0.05) is 31.7 Å². The molecule has 0 bridgehead atoms. The summed E-state index contributed by atoms with van der Waals surface area (Å²) in [5, 5.41) is 8.65. The Balaban J connectivity index is 1.85. The highest BCUT2D eigenvalue weighted by Crippen LogP contribution is 2.25. The minimum atomic E-state index is -0.697. The van der Waals surface area contributed by atoms with Crippen LogP contribution in [-0.2, 0) is 11.3 Å². The zero-order chi connectivity index (χ0) is 15.1. The molecule has 1 fully saturated rings. The van der Waals surface area contributed by atoms with E-state index in [1.165, 1.54) is 37.2 Å². The van der Waals surface area contributed by atoms with Crippen LogP contribution in [0.15, 0.2) is 24.3 Å². The molecule has 0 radical (unpaired) electrons. The van der Waals surface area contributed by atoms with Crippen molar-refractivity contribution in [1.29, 1.82) is 0 Å². The van der Waals surface area contributed by atoms with Gasteiger partial charge >= 0.3 is 5.97 Å². The van der Waals surface area contributed by atoms with Crippen molar-refractivity contribution in [2.75, 3.05) is 31.6 Å². The van der Waals surface area contributed by atoms with Gasteiger partial charge in [0.05, 0.1) is 0 Å². The number of unbranched alkanes of at least 4 members (excludes halogenated alkanes) is 1. The number of carboxylic acids is 1. The van der Waals surface area contributed by atoms with Gasteiger partial charge in [-0.15, -0.1) is 0 Å². The molecule has 1 aliphatic rings. The van der Waals surface area contributed by atoms with E-state index in [4.69, 9.17) is 5.11 Å². The van der Waals surface area contributed by atoms with Crippen molar-refractivity contribution < 1.29 is 9.90 Å². The van der Waals surface area contributed by atoms with E-state index in [0.717, 1.165) is 25.9 Å². The standard InChI is InChI=1S/C17H26N2O2/c1-18(11-5-4-10-17(20)21)14-15-8-2-3-9-16(15)19-12-6-7-13-19/h2-3,8-9H,4-7,10-14H2,1H3,(H,20,21). The van der Waals surface area contributed by atoms with Crippen LogP contribution in [0.3, 0.4) is 0 Å². The van der Waals surface area contributed by atoms with Crippen molar-refractivity contribution in [3.05, 3.63) is 29.8 Å². The van der Waals surface area contributed by atoms with Gasteiger partial charge in [-0.25, -0.2) is 0 Å². The van der Waals surface area contributed by atoms with Crippen LogP contribution in [0, 0.1) is 0 Å². The number of benzene rings is 1. The third-order valence-electron chi connectivity index (χ3n) is 4.06. The molecule has 1 aromatic rings. The Morgan fingerprint density at radius 2 is 1.95 bits per heavy atom. The number of anilines is 1. The fourth-order valence-electron chi connectivity index (χ4n) is 2.94. The summed E-state index contributed by atoms with van der Waals surface area (Å²) in [6.07, 6.45) is 4.55. The number of hydrogen-bond donors (Lipinski definition) is 1. The number of carboxylic acid groups (broad SMARTS) is 1. The van der Waals surface area contributed by atoms with E-state index in [1.807, 2.05) is 0 Å². The number of carbonyl (C=O) groups is 1. The monoisotopic (exact) mass is 290 g/mol. The van der Waals surface area contributed by atoms with Gasteiger partial charge in [0.15, 0.2) is 0 Å². The van der Waals surface area contributed by atoms with Crippen LogP contribution in [-0.4, -0.2) is 42.7 Å². The number of aliphatic carboxylic acids is 1. The molecule has 0 saturated carbocycles. The molecular weight excluding hydrogens is 264 g/mol. The molecule has 116 valence electrons. The first-order valence-electron chi connectivity index (χ1n) is 7.90. The molecule has 0 amide bonds. The molecule has 0 atom stereocenters. The van der Waals surface area contributed by atoms with Gasteiger partial charge in [-0.2, -0.15) is 0 Å². The lowest BCUT2D eigenvalue weighted by atomic mass is 10.1. The van der Waals surface area contributed by atoms with Gasteiger partial charge in [-0.3, -0.25) is 4.79 Å². The Labute approximate surface area is 127 Å². The molecule has 1 aliphatic heterocycles. The van der Waals surface area contributed by atoms with Crippen molar-refractivity contribution in [3.63, 3.8) is 0 Å². The molecule has 0 aliphatic carbocycles. The molecule has 1 heterocycles. The summed E-state index contributed by atoms with van der Waals surface area (Å²) in [6, 6.07) is 8.65. The topological polar surface area (TPSA) is 43.8 Å². The van der Waals surface area contributed by atoms with Crippen LogP contribution in [0.4, 0.5) is 5.69 Å². The molecule has 1 N–H and O–H groups in total. The Morgan fingerprint density at radius 3 is 2.67 bits per heavy atom. The second-order valence-corrected chi connectivity index (χ2v) is 5.91. The molecule has 0 unspecified atom stereocenters. The number of rotatable bonds is 8.